The summed E-state index contributed by atoms with van der Waals surface area (Å²) in [5.74, 6) is 1.17. The van der Waals surface area contributed by atoms with Gasteiger partial charge in [-0.3, -0.25) is 9.89 Å². The monoisotopic (exact) mass is 491 g/mol. The molecular weight excluding hydrogens is 461 g/mol. The number of aromatic nitrogens is 4. The molecule has 0 aliphatic carbocycles. The number of H-pyrrole nitrogens is 1. The number of nitrogens with zero attached hydrogens (tertiary/aromatic N) is 4. The van der Waals surface area contributed by atoms with E-state index in [4.69, 9.17) is 4.74 Å². The van der Waals surface area contributed by atoms with Gasteiger partial charge in [-0.05, 0) is 49.8 Å². The molecule has 4 rings (SSSR count). The summed E-state index contributed by atoms with van der Waals surface area (Å²) in [6, 6.07) is 13.2. The van der Waals surface area contributed by atoms with Crippen molar-refractivity contribution in [1.29, 1.82) is 0 Å². The van der Waals surface area contributed by atoms with Crippen molar-refractivity contribution in [2.45, 2.75) is 26.7 Å². The minimum absolute atomic E-state index is 0.0602. The first-order valence-electron chi connectivity index (χ1n) is 12.0. The van der Waals surface area contributed by atoms with Crippen molar-refractivity contribution in [3.63, 3.8) is 0 Å². The van der Waals surface area contributed by atoms with Gasteiger partial charge in [-0.1, -0.05) is 19.9 Å². The molecule has 0 spiro atoms. The molecule has 188 valence electrons. The van der Waals surface area contributed by atoms with E-state index in [0.29, 0.717) is 29.6 Å². The first-order chi connectivity index (χ1) is 17.5. The van der Waals surface area contributed by atoms with Crippen LogP contribution in [0.15, 0.2) is 54.9 Å². The third kappa shape index (κ3) is 6.76. The number of aromatic amines is 1. The topological polar surface area (TPSA) is 108 Å². The van der Waals surface area contributed by atoms with Crippen molar-refractivity contribution in [3.8, 4) is 5.75 Å². The van der Waals surface area contributed by atoms with E-state index >= 15 is 0 Å². The second-order valence-corrected chi connectivity index (χ2v) is 8.27. The average Bonchev–Trinajstić information content (AvgIpc) is 3.30. The molecule has 0 unspecified atom stereocenters. The summed E-state index contributed by atoms with van der Waals surface area (Å²) in [6.07, 6.45) is 2.50. The van der Waals surface area contributed by atoms with Gasteiger partial charge in [-0.25, -0.2) is 14.4 Å². The van der Waals surface area contributed by atoms with E-state index in [-0.39, 0.29) is 12.3 Å². The number of carbonyl (C=O) groups is 1. The van der Waals surface area contributed by atoms with Crippen molar-refractivity contribution in [1.82, 2.24) is 25.1 Å². The highest BCUT2D eigenvalue weighted by atomic mass is 19.1. The van der Waals surface area contributed by atoms with Crippen LogP contribution in [0, 0.1) is 5.82 Å². The van der Waals surface area contributed by atoms with Crippen LogP contribution in [-0.2, 0) is 11.2 Å². The zero-order valence-electron chi connectivity index (χ0n) is 20.4. The minimum atomic E-state index is -0.410. The summed E-state index contributed by atoms with van der Waals surface area (Å²) >= 11 is 0. The van der Waals surface area contributed by atoms with Crippen molar-refractivity contribution < 1.29 is 13.9 Å². The minimum Gasteiger partial charge on any atom is -0.493 e. The van der Waals surface area contributed by atoms with Crippen molar-refractivity contribution in [2.75, 3.05) is 36.9 Å². The second-order valence-electron chi connectivity index (χ2n) is 8.27. The fraction of sp³-hybridized carbons (Fsp3) is 0.308. The maximum atomic E-state index is 13.3. The molecule has 0 fully saturated rings. The maximum Gasteiger partial charge on any atom is 0.230 e. The molecule has 36 heavy (non-hydrogen) atoms. The Hall–Kier alpha value is -4.05. The Morgan fingerprint density at radius 1 is 1.11 bits per heavy atom. The quantitative estimate of drug-likeness (QED) is 0.250. The first-order valence-corrected chi connectivity index (χ1v) is 12.0. The van der Waals surface area contributed by atoms with Gasteiger partial charge in [0.1, 0.15) is 23.7 Å². The number of anilines is 3. The number of fused-ring (bicyclic) bond motifs is 1. The third-order valence-electron chi connectivity index (χ3n) is 5.73. The maximum absolute atomic E-state index is 13.3. The molecule has 3 N–H and O–H groups in total. The van der Waals surface area contributed by atoms with E-state index in [1.54, 1.807) is 12.1 Å². The van der Waals surface area contributed by atoms with E-state index in [9.17, 15) is 9.18 Å². The zero-order valence-corrected chi connectivity index (χ0v) is 20.4. The predicted octanol–water partition coefficient (Wildman–Crippen LogP) is 4.53. The molecule has 1 amide bonds. The molecule has 0 bridgehead atoms. The normalized spacial score (nSPS) is 11.1. The lowest BCUT2D eigenvalue weighted by Crippen LogP contribution is -2.25. The van der Waals surface area contributed by atoms with Crippen LogP contribution in [0.3, 0.4) is 0 Å². The van der Waals surface area contributed by atoms with Crippen LogP contribution < -0.4 is 15.4 Å². The highest BCUT2D eigenvalue weighted by Gasteiger charge is 2.11. The lowest BCUT2D eigenvalue weighted by Gasteiger charge is -2.17. The molecular formula is C26H30FN7O2. The Bertz CT molecular complexity index is 1310. The van der Waals surface area contributed by atoms with Crippen LogP contribution >= 0.6 is 0 Å². The van der Waals surface area contributed by atoms with Gasteiger partial charge in [-0.2, -0.15) is 5.10 Å². The predicted molar refractivity (Wildman–Crippen MR) is 138 cm³/mol. The van der Waals surface area contributed by atoms with Crippen LogP contribution in [0.1, 0.15) is 26.0 Å². The van der Waals surface area contributed by atoms with Crippen LogP contribution in [0.25, 0.3) is 10.9 Å². The zero-order chi connectivity index (χ0) is 25.3. The molecule has 0 aliphatic rings. The molecule has 4 aromatic rings. The SMILES string of the molecule is CCN(CC)CCCOc1ccc2c(Nc3cc(CC(=O)Nc4cccc(F)c4)[nH]n3)ncnc2c1. The summed E-state index contributed by atoms with van der Waals surface area (Å²) in [5, 5.41) is 13.7. The number of halogens is 1. The Morgan fingerprint density at radius 2 is 1.97 bits per heavy atom. The van der Waals surface area contributed by atoms with Crippen LogP contribution in [0.4, 0.5) is 21.7 Å². The molecule has 2 aromatic heterocycles. The Balaban J connectivity index is 1.35. The molecule has 0 aliphatic heterocycles. The summed E-state index contributed by atoms with van der Waals surface area (Å²) in [6.45, 7) is 8.05. The molecule has 2 heterocycles. The van der Waals surface area contributed by atoms with Gasteiger partial charge in [0, 0.05) is 35.4 Å². The van der Waals surface area contributed by atoms with Gasteiger partial charge >= 0.3 is 0 Å². The molecule has 0 saturated carbocycles. The van der Waals surface area contributed by atoms with Crippen molar-refractivity contribution >= 4 is 34.1 Å². The average molecular weight is 492 g/mol. The number of carbonyl (C=O) groups excluding carboxylic acids is 1. The Labute approximate surface area is 209 Å². The molecule has 10 heteroatoms. The van der Waals surface area contributed by atoms with E-state index in [1.165, 1.54) is 24.5 Å². The second kappa shape index (κ2) is 12.1. The van der Waals surface area contributed by atoms with Crippen LogP contribution in [0.5, 0.6) is 5.75 Å². The summed E-state index contributed by atoms with van der Waals surface area (Å²) in [5.41, 5.74) is 1.75. The standard InChI is InChI=1S/C26H30FN7O2/c1-3-34(4-2)11-6-12-36-21-9-10-22-23(16-21)28-17-29-26(22)31-24-14-20(32-33-24)15-25(35)30-19-8-5-7-18(27)13-19/h5,7-10,13-14,16-17H,3-4,6,11-12,15H2,1-2H3,(H,30,35)(H2,28,29,31,32,33). The van der Waals surface area contributed by atoms with Gasteiger partial charge in [0.2, 0.25) is 5.91 Å². The van der Waals surface area contributed by atoms with Crippen LogP contribution in [-0.4, -0.2) is 57.2 Å². The van der Waals surface area contributed by atoms with Crippen LogP contribution in [0.2, 0.25) is 0 Å². The van der Waals surface area contributed by atoms with Crippen molar-refractivity contribution in [2.24, 2.45) is 0 Å². The fourth-order valence-electron chi connectivity index (χ4n) is 3.83. The van der Waals surface area contributed by atoms with Gasteiger partial charge < -0.3 is 20.3 Å². The number of benzene rings is 2. The fourth-order valence-corrected chi connectivity index (χ4v) is 3.83. The number of hydrogen-bond acceptors (Lipinski definition) is 7. The van der Waals surface area contributed by atoms with Gasteiger partial charge in [0.15, 0.2) is 5.82 Å². The Morgan fingerprint density at radius 3 is 2.78 bits per heavy atom. The number of amides is 1. The van der Waals surface area contributed by atoms with E-state index in [2.05, 4.69) is 49.5 Å². The van der Waals surface area contributed by atoms with E-state index < -0.39 is 5.82 Å². The number of nitrogens with one attached hydrogen (secondary N) is 3. The molecule has 0 atom stereocenters. The van der Waals surface area contributed by atoms with Gasteiger partial charge in [0.05, 0.1) is 18.5 Å². The first kappa shape index (κ1) is 25.1. The molecule has 0 radical (unpaired) electrons. The number of rotatable bonds is 12. The third-order valence-corrected chi connectivity index (χ3v) is 5.73. The molecule has 0 saturated heterocycles. The van der Waals surface area contributed by atoms with Gasteiger partial charge in [0.25, 0.3) is 0 Å². The smallest absolute Gasteiger partial charge is 0.230 e. The summed E-state index contributed by atoms with van der Waals surface area (Å²) in [7, 11) is 0. The molecule has 2 aromatic carbocycles. The number of ether oxygens (including phenoxy) is 1. The van der Waals surface area contributed by atoms with Gasteiger partial charge in [-0.15, -0.1) is 0 Å². The van der Waals surface area contributed by atoms with Crippen molar-refractivity contribution in [3.05, 3.63) is 66.4 Å². The Kier molecular flexibility index (Phi) is 8.40. The summed E-state index contributed by atoms with van der Waals surface area (Å²) in [4.78, 5) is 23.4. The lowest BCUT2D eigenvalue weighted by atomic mass is 10.2. The largest absolute Gasteiger partial charge is 0.493 e. The number of hydrogen-bond donors (Lipinski definition) is 3. The summed E-state index contributed by atoms with van der Waals surface area (Å²) < 4.78 is 19.2. The lowest BCUT2D eigenvalue weighted by molar-refractivity contribution is -0.115. The molecule has 9 nitrogen and oxygen atoms in total. The van der Waals surface area contributed by atoms with E-state index in [1.807, 2.05) is 18.2 Å². The van der Waals surface area contributed by atoms with E-state index in [0.717, 1.165) is 42.7 Å². The highest BCUT2D eigenvalue weighted by Crippen LogP contribution is 2.26. The highest BCUT2D eigenvalue weighted by molar-refractivity contribution is 5.93.